The van der Waals surface area contributed by atoms with Gasteiger partial charge < -0.3 is 9.84 Å². The van der Waals surface area contributed by atoms with Crippen LogP contribution in [0.1, 0.15) is 18.0 Å². The van der Waals surface area contributed by atoms with Gasteiger partial charge in [0.05, 0.1) is 25.2 Å². The SMILES string of the molecule is CC(c1nccs1)N(C)C1COCC1C(=O)O. The fourth-order valence-electron chi connectivity index (χ4n) is 2.08. The first-order valence-electron chi connectivity index (χ1n) is 5.53. The van der Waals surface area contributed by atoms with Gasteiger partial charge in [0.2, 0.25) is 0 Å². The summed E-state index contributed by atoms with van der Waals surface area (Å²) in [5.41, 5.74) is 0. The fraction of sp³-hybridized carbons (Fsp3) is 0.636. The lowest BCUT2D eigenvalue weighted by Crippen LogP contribution is -2.42. The molecule has 17 heavy (non-hydrogen) atoms. The molecule has 1 aromatic heterocycles. The Morgan fingerprint density at radius 1 is 1.71 bits per heavy atom. The molecular formula is C11H16N2O3S. The topological polar surface area (TPSA) is 62.7 Å². The summed E-state index contributed by atoms with van der Waals surface area (Å²) in [6, 6.07) is 0.0370. The monoisotopic (exact) mass is 256 g/mol. The Bertz CT molecular complexity index is 382. The van der Waals surface area contributed by atoms with E-state index in [1.54, 1.807) is 17.5 Å². The van der Waals surface area contributed by atoms with Crippen LogP contribution in [-0.2, 0) is 9.53 Å². The predicted octanol–water partition coefficient (Wildman–Crippen LogP) is 1.24. The zero-order valence-corrected chi connectivity index (χ0v) is 10.7. The normalized spacial score (nSPS) is 26.3. The van der Waals surface area contributed by atoms with Crippen LogP contribution in [0, 0.1) is 5.92 Å². The summed E-state index contributed by atoms with van der Waals surface area (Å²) in [4.78, 5) is 17.4. The minimum atomic E-state index is -0.786. The van der Waals surface area contributed by atoms with Crippen molar-refractivity contribution in [1.82, 2.24) is 9.88 Å². The largest absolute Gasteiger partial charge is 0.481 e. The van der Waals surface area contributed by atoms with Crippen LogP contribution in [0.25, 0.3) is 0 Å². The smallest absolute Gasteiger partial charge is 0.310 e. The maximum Gasteiger partial charge on any atom is 0.310 e. The van der Waals surface area contributed by atoms with Gasteiger partial charge in [-0.3, -0.25) is 9.69 Å². The van der Waals surface area contributed by atoms with Crippen LogP contribution in [0.4, 0.5) is 0 Å². The number of carboxylic acid groups (broad SMARTS) is 1. The van der Waals surface area contributed by atoms with Crippen molar-refractivity contribution in [2.75, 3.05) is 20.3 Å². The molecule has 1 aliphatic heterocycles. The molecule has 0 spiro atoms. The van der Waals surface area contributed by atoms with Gasteiger partial charge >= 0.3 is 5.97 Å². The van der Waals surface area contributed by atoms with E-state index in [0.717, 1.165) is 5.01 Å². The van der Waals surface area contributed by atoms with Crippen molar-refractivity contribution in [2.45, 2.75) is 19.0 Å². The summed E-state index contributed by atoms with van der Waals surface area (Å²) in [6.45, 7) is 2.81. The summed E-state index contributed by atoms with van der Waals surface area (Å²) >= 11 is 1.59. The second-order valence-electron chi connectivity index (χ2n) is 4.26. The number of likely N-dealkylation sites (N-methyl/N-ethyl adjacent to an activating group) is 1. The molecule has 2 heterocycles. The first kappa shape index (κ1) is 12.5. The summed E-state index contributed by atoms with van der Waals surface area (Å²) in [5.74, 6) is -1.23. The molecule has 6 heteroatoms. The van der Waals surface area contributed by atoms with Crippen molar-refractivity contribution in [3.05, 3.63) is 16.6 Å². The number of hydrogen-bond acceptors (Lipinski definition) is 5. The first-order valence-corrected chi connectivity index (χ1v) is 6.41. The third-order valence-corrected chi connectivity index (χ3v) is 4.26. The lowest BCUT2D eigenvalue weighted by atomic mass is 10.0. The minimum absolute atomic E-state index is 0.0774. The van der Waals surface area contributed by atoms with E-state index in [0.29, 0.717) is 13.2 Å². The van der Waals surface area contributed by atoms with E-state index in [1.807, 2.05) is 24.3 Å². The molecule has 2 rings (SSSR count). The molecule has 0 bridgehead atoms. The van der Waals surface area contributed by atoms with Crippen LogP contribution >= 0.6 is 11.3 Å². The number of carboxylic acids is 1. The Kier molecular flexibility index (Phi) is 3.76. The van der Waals surface area contributed by atoms with Crippen molar-refractivity contribution in [3.63, 3.8) is 0 Å². The molecule has 5 nitrogen and oxygen atoms in total. The van der Waals surface area contributed by atoms with Crippen LogP contribution in [0.3, 0.4) is 0 Å². The maximum atomic E-state index is 11.1. The molecule has 94 valence electrons. The summed E-state index contributed by atoms with van der Waals surface area (Å²) in [6.07, 6.45) is 1.77. The Hall–Kier alpha value is -0.980. The van der Waals surface area contributed by atoms with Crippen molar-refractivity contribution in [3.8, 4) is 0 Å². The molecule has 1 N–H and O–H groups in total. The summed E-state index contributed by atoms with van der Waals surface area (Å²) < 4.78 is 5.28. The molecule has 1 aromatic rings. The van der Waals surface area contributed by atoms with Crippen molar-refractivity contribution in [2.24, 2.45) is 5.92 Å². The van der Waals surface area contributed by atoms with E-state index in [2.05, 4.69) is 4.98 Å². The van der Waals surface area contributed by atoms with Gasteiger partial charge in [0.1, 0.15) is 5.01 Å². The number of nitrogens with zero attached hydrogens (tertiary/aromatic N) is 2. The molecule has 0 amide bonds. The number of thiazole rings is 1. The molecule has 0 aliphatic carbocycles. The van der Waals surface area contributed by atoms with Crippen LogP contribution in [0.5, 0.6) is 0 Å². The van der Waals surface area contributed by atoms with Crippen LogP contribution in [0.15, 0.2) is 11.6 Å². The number of ether oxygens (including phenoxy) is 1. The highest BCUT2D eigenvalue weighted by atomic mass is 32.1. The lowest BCUT2D eigenvalue weighted by molar-refractivity contribution is -0.143. The van der Waals surface area contributed by atoms with Gasteiger partial charge in [-0.2, -0.15) is 0 Å². The number of aliphatic carboxylic acids is 1. The van der Waals surface area contributed by atoms with Gasteiger partial charge in [-0.15, -0.1) is 11.3 Å². The first-order chi connectivity index (χ1) is 8.11. The molecule has 0 aromatic carbocycles. The highest BCUT2D eigenvalue weighted by Gasteiger charge is 2.38. The molecule has 1 aliphatic rings. The minimum Gasteiger partial charge on any atom is -0.481 e. The highest BCUT2D eigenvalue weighted by Crippen LogP contribution is 2.28. The molecule has 1 fully saturated rings. The standard InChI is InChI=1S/C11H16N2O3S/c1-7(10-12-3-4-17-10)13(2)9-6-16-5-8(9)11(14)15/h3-4,7-9H,5-6H2,1-2H3,(H,14,15). The Labute approximate surface area is 104 Å². The van der Waals surface area contributed by atoms with E-state index in [-0.39, 0.29) is 12.1 Å². The summed E-state index contributed by atoms with van der Waals surface area (Å²) in [5, 5.41) is 12.1. The van der Waals surface area contributed by atoms with Crippen LogP contribution < -0.4 is 0 Å². The second-order valence-corrected chi connectivity index (χ2v) is 5.19. The predicted molar refractivity (Wildman–Crippen MR) is 64.0 cm³/mol. The van der Waals surface area contributed by atoms with Gasteiger partial charge in [0.25, 0.3) is 0 Å². The average molecular weight is 256 g/mol. The number of rotatable bonds is 4. The van der Waals surface area contributed by atoms with Crippen LogP contribution in [-0.4, -0.2) is 47.3 Å². The van der Waals surface area contributed by atoms with E-state index in [1.165, 1.54) is 0 Å². The fourth-order valence-corrected chi connectivity index (χ4v) is 2.83. The lowest BCUT2D eigenvalue weighted by Gasteiger charge is -2.30. The van der Waals surface area contributed by atoms with Crippen molar-refractivity contribution in [1.29, 1.82) is 0 Å². The zero-order chi connectivity index (χ0) is 12.4. The van der Waals surface area contributed by atoms with Crippen molar-refractivity contribution >= 4 is 17.3 Å². The van der Waals surface area contributed by atoms with E-state index < -0.39 is 11.9 Å². The third kappa shape index (κ3) is 2.48. The van der Waals surface area contributed by atoms with E-state index in [9.17, 15) is 4.79 Å². The maximum absolute atomic E-state index is 11.1. The highest BCUT2D eigenvalue weighted by molar-refractivity contribution is 7.09. The van der Waals surface area contributed by atoms with Gasteiger partial charge in [0, 0.05) is 17.6 Å². The van der Waals surface area contributed by atoms with E-state index in [4.69, 9.17) is 9.84 Å². The van der Waals surface area contributed by atoms with Gasteiger partial charge in [-0.05, 0) is 14.0 Å². The average Bonchev–Trinajstić information content (AvgIpc) is 2.97. The number of hydrogen-bond donors (Lipinski definition) is 1. The molecule has 3 unspecified atom stereocenters. The molecule has 0 saturated carbocycles. The Balaban J connectivity index is 2.09. The molecule has 1 saturated heterocycles. The number of carbonyl (C=O) groups is 1. The number of aromatic nitrogens is 1. The quantitative estimate of drug-likeness (QED) is 0.878. The van der Waals surface area contributed by atoms with Gasteiger partial charge in [-0.1, -0.05) is 0 Å². The van der Waals surface area contributed by atoms with Crippen molar-refractivity contribution < 1.29 is 14.6 Å². The van der Waals surface area contributed by atoms with E-state index >= 15 is 0 Å². The zero-order valence-electron chi connectivity index (χ0n) is 9.87. The summed E-state index contributed by atoms with van der Waals surface area (Å²) in [7, 11) is 1.93. The van der Waals surface area contributed by atoms with Gasteiger partial charge in [-0.25, -0.2) is 4.98 Å². The van der Waals surface area contributed by atoms with Crippen LogP contribution in [0.2, 0.25) is 0 Å². The Morgan fingerprint density at radius 2 is 2.47 bits per heavy atom. The van der Waals surface area contributed by atoms with Gasteiger partial charge in [0.15, 0.2) is 0 Å². The second kappa shape index (κ2) is 5.12. The Morgan fingerprint density at radius 3 is 3.06 bits per heavy atom. The third-order valence-electron chi connectivity index (χ3n) is 3.31. The molecule has 3 atom stereocenters. The molecular weight excluding hydrogens is 240 g/mol. The molecule has 0 radical (unpaired) electrons.